The van der Waals surface area contributed by atoms with Gasteiger partial charge in [0.1, 0.15) is 0 Å². The third-order valence-electron chi connectivity index (χ3n) is 5.73. The highest BCUT2D eigenvalue weighted by atomic mass is 19.4. The quantitative estimate of drug-likeness (QED) is 0.396. The van der Waals surface area contributed by atoms with Crippen molar-refractivity contribution in [2.75, 3.05) is 18.0 Å². The molecule has 1 atom stereocenters. The van der Waals surface area contributed by atoms with Crippen LogP contribution < -0.4 is 9.64 Å². The molecule has 2 aliphatic heterocycles. The smallest absolute Gasteiger partial charge is 0.425 e. The van der Waals surface area contributed by atoms with Gasteiger partial charge in [0, 0.05) is 18.5 Å². The predicted octanol–water partition coefficient (Wildman–Crippen LogP) is 4.78. The number of halogens is 8. The summed E-state index contributed by atoms with van der Waals surface area (Å²) < 4.78 is 115. The van der Waals surface area contributed by atoms with E-state index in [4.69, 9.17) is 4.74 Å². The van der Waals surface area contributed by atoms with E-state index in [0.29, 0.717) is 0 Å². The minimum Gasteiger partial charge on any atom is -0.451 e. The Labute approximate surface area is 180 Å². The topological polar surface area (TPSA) is 48.1 Å². The number of nitrogens with zero attached hydrogens (tertiary/aromatic N) is 5. The first kappa shape index (κ1) is 21.8. The predicted molar refractivity (Wildman–Crippen MR) is 98.9 cm³/mol. The summed E-state index contributed by atoms with van der Waals surface area (Å²) in [5.41, 5.74) is -0.622. The maximum atomic E-state index is 13.9. The van der Waals surface area contributed by atoms with Crippen LogP contribution in [-0.2, 0) is 12.7 Å². The zero-order chi connectivity index (χ0) is 23.9. The van der Waals surface area contributed by atoms with Crippen LogP contribution >= 0.6 is 0 Å². The lowest BCUT2D eigenvalue weighted by Crippen LogP contribution is -2.33. The standard InChI is InChI=1S/C19H15F8N5O/c1-9(18(22,23)24)33-16-28-14(30-6-5-17(20,21)8-30)13-15(29-16)31-7-10-11(19(25,26)27)3-2-4-12(10)32(13)31/h2-4,9H,5-8H2,1H3/t9-/m0/s1. The van der Waals surface area contributed by atoms with Gasteiger partial charge >= 0.3 is 18.4 Å². The molecular weight excluding hydrogens is 466 g/mol. The second-order valence-electron chi connectivity index (χ2n) is 8.00. The van der Waals surface area contributed by atoms with E-state index in [1.807, 2.05) is 0 Å². The number of benzene rings is 1. The average Bonchev–Trinajstić information content (AvgIpc) is 3.21. The van der Waals surface area contributed by atoms with Crippen LogP contribution in [0.5, 0.6) is 6.01 Å². The molecule has 0 saturated carbocycles. The van der Waals surface area contributed by atoms with E-state index in [-0.39, 0.29) is 41.3 Å². The SMILES string of the molecule is C[C@H](Oc1nc(N2CCC(F)(F)C2)c2c(n1)n1n2-c2cccc(C(F)(F)F)c2C1)C(F)(F)F. The molecule has 178 valence electrons. The Bertz CT molecular complexity index is 1240. The number of fused-ring (bicyclic) bond motifs is 6. The van der Waals surface area contributed by atoms with E-state index in [9.17, 15) is 35.1 Å². The van der Waals surface area contributed by atoms with Crippen LogP contribution in [0.2, 0.25) is 0 Å². The van der Waals surface area contributed by atoms with Crippen LogP contribution in [0, 0.1) is 0 Å². The van der Waals surface area contributed by atoms with Crippen LogP contribution in [0.25, 0.3) is 16.9 Å². The van der Waals surface area contributed by atoms with Gasteiger partial charge in [0.25, 0.3) is 5.92 Å². The second-order valence-corrected chi connectivity index (χ2v) is 8.00. The third kappa shape index (κ3) is 3.46. The highest BCUT2D eigenvalue weighted by Gasteiger charge is 2.44. The molecular formula is C19H15F8N5O. The van der Waals surface area contributed by atoms with Crippen molar-refractivity contribution in [2.24, 2.45) is 0 Å². The molecule has 2 aliphatic rings. The van der Waals surface area contributed by atoms with Gasteiger partial charge in [-0.15, -0.1) is 0 Å². The first-order valence-corrected chi connectivity index (χ1v) is 9.81. The molecule has 0 radical (unpaired) electrons. The van der Waals surface area contributed by atoms with Gasteiger partial charge in [-0.3, -0.25) is 4.68 Å². The van der Waals surface area contributed by atoms with Crippen molar-refractivity contribution >= 4 is 17.0 Å². The number of alkyl halides is 8. The van der Waals surface area contributed by atoms with E-state index in [1.54, 1.807) is 0 Å². The fourth-order valence-corrected chi connectivity index (χ4v) is 4.12. The zero-order valence-electron chi connectivity index (χ0n) is 16.8. The Morgan fingerprint density at radius 2 is 1.82 bits per heavy atom. The number of hydrogen-bond acceptors (Lipinski definition) is 4. The number of anilines is 1. The van der Waals surface area contributed by atoms with Crippen LogP contribution in [-0.4, -0.2) is 50.6 Å². The summed E-state index contributed by atoms with van der Waals surface area (Å²) in [5.74, 6) is -3.17. The highest BCUT2D eigenvalue weighted by molar-refractivity contribution is 5.90. The van der Waals surface area contributed by atoms with E-state index >= 15 is 0 Å². The molecule has 1 fully saturated rings. The minimum atomic E-state index is -4.73. The molecule has 1 saturated heterocycles. The summed E-state index contributed by atoms with van der Waals surface area (Å²) in [4.78, 5) is 9.09. The molecule has 0 unspecified atom stereocenters. The van der Waals surface area contributed by atoms with Crippen LogP contribution in [0.1, 0.15) is 24.5 Å². The zero-order valence-corrected chi connectivity index (χ0v) is 16.8. The van der Waals surface area contributed by atoms with Crippen molar-refractivity contribution in [1.29, 1.82) is 0 Å². The summed E-state index contributed by atoms with van der Waals surface area (Å²) in [6.07, 6.45) is -12.2. The molecule has 6 nitrogen and oxygen atoms in total. The average molecular weight is 481 g/mol. The van der Waals surface area contributed by atoms with Gasteiger partial charge in [0.15, 0.2) is 23.1 Å². The summed E-state index contributed by atoms with van der Waals surface area (Å²) in [7, 11) is 0. The largest absolute Gasteiger partial charge is 0.451 e. The molecule has 0 spiro atoms. The molecule has 4 heterocycles. The maximum Gasteiger partial charge on any atom is 0.425 e. The van der Waals surface area contributed by atoms with Crippen molar-refractivity contribution in [1.82, 2.24) is 19.3 Å². The van der Waals surface area contributed by atoms with E-state index in [0.717, 1.165) is 13.0 Å². The molecule has 0 amide bonds. The summed E-state index contributed by atoms with van der Waals surface area (Å²) >= 11 is 0. The van der Waals surface area contributed by atoms with Crippen molar-refractivity contribution in [2.45, 2.75) is 44.3 Å². The lowest BCUT2D eigenvalue weighted by atomic mass is 10.1. The lowest BCUT2D eigenvalue weighted by molar-refractivity contribution is -0.190. The van der Waals surface area contributed by atoms with Crippen LogP contribution in [0.3, 0.4) is 0 Å². The Balaban J connectivity index is 1.66. The van der Waals surface area contributed by atoms with Crippen molar-refractivity contribution in [3.8, 4) is 11.7 Å². The summed E-state index contributed by atoms with van der Waals surface area (Å²) in [6.45, 7) is -0.402. The Hall–Kier alpha value is -3.06. The number of ether oxygens (including phenoxy) is 1. The van der Waals surface area contributed by atoms with Gasteiger partial charge in [0.2, 0.25) is 0 Å². The van der Waals surface area contributed by atoms with E-state index < -0.39 is 48.9 Å². The third-order valence-corrected chi connectivity index (χ3v) is 5.73. The normalized spacial score (nSPS) is 18.6. The van der Waals surface area contributed by atoms with E-state index in [2.05, 4.69) is 9.97 Å². The van der Waals surface area contributed by atoms with E-state index in [1.165, 1.54) is 26.4 Å². The maximum absolute atomic E-state index is 13.9. The Morgan fingerprint density at radius 3 is 2.42 bits per heavy atom. The second kappa shape index (κ2) is 6.73. The molecule has 0 N–H and O–H groups in total. The fourth-order valence-electron chi connectivity index (χ4n) is 4.12. The van der Waals surface area contributed by atoms with Gasteiger partial charge in [-0.25, -0.2) is 13.5 Å². The fraction of sp³-hybridized carbons (Fsp3) is 0.474. The Kier molecular flexibility index (Phi) is 4.44. The number of aromatic nitrogens is 4. The molecule has 0 bridgehead atoms. The minimum absolute atomic E-state index is 0.00363. The van der Waals surface area contributed by atoms with Crippen LogP contribution in [0.15, 0.2) is 18.2 Å². The number of hydrogen-bond donors (Lipinski definition) is 0. The molecule has 33 heavy (non-hydrogen) atoms. The van der Waals surface area contributed by atoms with Gasteiger partial charge < -0.3 is 9.64 Å². The Morgan fingerprint density at radius 1 is 1.09 bits per heavy atom. The van der Waals surface area contributed by atoms with Crippen molar-refractivity contribution < 1.29 is 39.9 Å². The molecule has 3 aromatic rings. The van der Waals surface area contributed by atoms with Gasteiger partial charge in [-0.05, 0) is 19.1 Å². The molecule has 0 aliphatic carbocycles. The van der Waals surface area contributed by atoms with Crippen LogP contribution in [0.4, 0.5) is 40.9 Å². The monoisotopic (exact) mass is 481 g/mol. The first-order valence-electron chi connectivity index (χ1n) is 9.81. The van der Waals surface area contributed by atoms with Crippen molar-refractivity contribution in [3.63, 3.8) is 0 Å². The molecule has 2 aromatic heterocycles. The molecule has 1 aromatic carbocycles. The van der Waals surface area contributed by atoms with Gasteiger partial charge in [-0.1, -0.05) is 6.07 Å². The van der Waals surface area contributed by atoms with Gasteiger partial charge in [-0.2, -0.15) is 36.3 Å². The lowest BCUT2D eigenvalue weighted by Gasteiger charge is -2.27. The summed E-state index contributed by atoms with van der Waals surface area (Å²) in [5, 5.41) is 0. The number of rotatable bonds is 3. The summed E-state index contributed by atoms with van der Waals surface area (Å²) in [6, 6.07) is 2.88. The highest BCUT2D eigenvalue weighted by Crippen LogP contribution is 2.44. The first-order chi connectivity index (χ1) is 15.3. The van der Waals surface area contributed by atoms with Crippen molar-refractivity contribution in [3.05, 3.63) is 29.3 Å². The van der Waals surface area contributed by atoms with Gasteiger partial charge in [0.05, 0.1) is 24.3 Å². The molecule has 5 rings (SSSR count). The molecule has 14 heteroatoms.